The van der Waals surface area contributed by atoms with Crippen LogP contribution in [0.1, 0.15) is 26.5 Å². The van der Waals surface area contributed by atoms with Crippen LogP contribution in [0.3, 0.4) is 0 Å². The molecule has 1 aliphatic heterocycles. The maximum absolute atomic E-state index is 15.3. The highest BCUT2D eigenvalue weighted by Crippen LogP contribution is 2.44. The van der Waals surface area contributed by atoms with E-state index in [0.29, 0.717) is 23.5 Å². The molecule has 3 aromatic rings. The zero-order valence-electron chi connectivity index (χ0n) is 17.0. The fraction of sp³-hybridized carbons (Fsp3) is 0.421. The smallest absolute Gasteiger partial charge is 0.368 e. The van der Waals surface area contributed by atoms with Crippen molar-refractivity contribution in [2.75, 3.05) is 18.9 Å². The van der Waals surface area contributed by atoms with Gasteiger partial charge in [-0.05, 0) is 19.1 Å². The number of halogens is 1. The summed E-state index contributed by atoms with van der Waals surface area (Å²) in [5.74, 6) is -1.77. The van der Waals surface area contributed by atoms with Gasteiger partial charge in [0, 0.05) is 12.3 Å². The van der Waals surface area contributed by atoms with Gasteiger partial charge in [0.05, 0.1) is 12.9 Å². The molecule has 1 fully saturated rings. The molecular weight excluding hydrogens is 428 g/mol. The fourth-order valence-corrected chi connectivity index (χ4v) is 4.22. The molecule has 12 heteroatoms. The van der Waals surface area contributed by atoms with E-state index >= 15 is 4.39 Å². The summed E-state index contributed by atoms with van der Waals surface area (Å²) in [7, 11) is -2.95. The highest BCUT2D eigenvalue weighted by atomic mass is 31.1. The molecule has 4 rings (SSSR count). The summed E-state index contributed by atoms with van der Waals surface area (Å²) in [4.78, 5) is 12.6. The van der Waals surface area contributed by atoms with E-state index in [1.165, 1.54) is 6.33 Å². The lowest BCUT2D eigenvalue weighted by atomic mass is 10.1. The molecule has 2 aromatic heterocycles. The average Bonchev–Trinajstić information content (AvgIpc) is 3.28. The minimum Gasteiger partial charge on any atom is -0.476 e. The van der Waals surface area contributed by atoms with Crippen molar-refractivity contribution < 1.29 is 27.5 Å². The van der Waals surface area contributed by atoms with Gasteiger partial charge in [-0.2, -0.15) is 9.97 Å². The third-order valence-electron chi connectivity index (χ3n) is 4.76. The number of imidazole rings is 1. The van der Waals surface area contributed by atoms with Crippen molar-refractivity contribution in [3.8, 4) is 11.6 Å². The Balaban J connectivity index is 1.47. The molecule has 1 unspecified atom stereocenters. The number of aromatic nitrogens is 4. The molecule has 1 aliphatic rings. The van der Waals surface area contributed by atoms with Gasteiger partial charge in [0.15, 0.2) is 11.2 Å². The molecule has 0 bridgehead atoms. The Kier molecular flexibility index (Phi) is 6.08. The van der Waals surface area contributed by atoms with Gasteiger partial charge < -0.3 is 19.7 Å². The maximum atomic E-state index is 15.3. The van der Waals surface area contributed by atoms with Crippen LogP contribution in [0.5, 0.6) is 11.6 Å². The van der Waals surface area contributed by atoms with E-state index in [1.54, 1.807) is 34.9 Å². The Morgan fingerprint density at radius 1 is 1.35 bits per heavy atom. The van der Waals surface area contributed by atoms with Crippen LogP contribution >= 0.6 is 8.25 Å². The lowest BCUT2D eigenvalue weighted by Gasteiger charge is -2.21. The SMILES string of the molecule is CCOc1nc(N)nc2c1ncn2[C@@H]1O[C@](F)(CO[PH](=O)Oc2ccccc2)C[C@@H]1C. The van der Waals surface area contributed by atoms with Crippen LogP contribution < -0.4 is 15.0 Å². The second kappa shape index (κ2) is 8.78. The van der Waals surface area contributed by atoms with Crippen LogP contribution in [-0.4, -0.2) is 38.6 Å². The number of nitrogens with zero attached hydrogens (tertiary/aromatic N) is 4. The summed E-state index contributed by atoms with van der Waals surface area (Å²) in [6.07, 6.45) is 0.785. The quantitative estimate of drug-likeness (QED) is 0.512. The van der Waals surface area contributed by atoms with E-state index in [2.05, 4.69) is 15.0 Å². The third kappa shape index (κ3) is 4.63. The van der Waals surface area contributed by atoms with E-state index in [9.17, 15) is 4.57 Å². The van der Waals surface area contributed by atoms with E-state index < -0.39 is 26.9 Å². The average molecular weight is 451 g/mol. The van der Waals surface area contributed by atoms with Crippen LogP contribution in [-0.2, 0) is 13.8 Å². The van der Waals surface area contributed by atoms with Crippen molar-refractivity contribution >= 4 is 25.4 Å². The van der Waals surface area contributed by atoms with Crippen molar-refractivity contribution in [1.29, 1.82) is 0 Å². The number of para-hydroxylation sites is 1. The van der Waals surface area contributed by atoms with Crippen LogP contribution in [0.2, 0.25) is 0 Å². The van der Waals surface area contributed by atoms with Crippen molar-refractivity contribution in [3.63, 3.8) is 0 Å². The molecule has 0 radical (unpaired) electrons. The first-order valence-corrected chi connectivity index (χ1v) is 11.0. The van der Waals surface area contributed by atoms with Crippen LogP contribution in [0.4, 0.5) is 10.3 Å². The summed E-state index contributed by atoms with van der Waals surface area (Å²) in [5.41, 5.74) is 6.57. The molecule has 166 valence electrons. The zero-order chi connectivity index (χ0) is 22.0. The monoisotopic (exact) mass is 451 g/mol. The van der Waals surface area contributed by atoms with Crippen LogP contribution in [0, 0.1) is 5.92 Å². The molecule has 31 heavy (non-hydrogen) atoms. The minimum atomic E-state index is -2.95. The van der Waals surface area contributed by atoms with Gasteiger partial charge in [-0.15, -0.1) is 0 Å². The van der Waals surface area contributed by atoms with Gasteiger partial charge in [0.25, 0.3) is 0 Å². The summed E-state index contributed by atoms with van der Waals surface area (Å²) >= 11 is 0. The summed E-state index contributed by atoms with van der Waals surface area (Å²) in [6, 6.07) is 8.53. The highest BCUT2D eigenvalue weighted by molar-refractivity contribution is 7.33. The second-order valence-electron chi connectivity index (χ2n) is 7.17. The number of rotatable bonds is 8. The van der Waals surface area contributed by atoms with Crippen LogP contribution in [0.15, 0.2) is 36.7 Å². The lowest BCUT2D eigenvalue weighted by Crippen LogP contribution is -2.28. The molecule has 0 spiro atoms. The van der Waals surface area contributed by atoms with Gasteiger partial charge in [0.1, 0.15) is 18.6 Å². The number of hydrogen-bond donors (Lipinski definition) is 1. The maximum Gasteiger partial charge on any atom is 0.368 e. The standard InChI is InChI=1S/C19H23FN5O5P/c1-3-27-16-14-15(23-18(21)24-16)25(11-22-14)17-12(2)9-19(20,29-17)10-28-31(26)30-13-7-5-4-6-8-13/h4-8,11-12,17,31H,3,9-10H2,1-2H3,(H2,21,23,24)/t12-,17+,19-/m0/s1. The Morgan fingerprint density at radius 2 is 2.13 bits per heavy atom. The topological polar surface area (TPSA) is 124 Å². The Morgan fingerprint density at radius 3 is 2.87 bits per heavy atom. The highest BCUT2D eigenvalue weighted by Gasteiger charge is 2.47. The van der Waals surface area contributed by atoms with Crippen molar-refractivity contribution in [2.45, 2.75) is 32.4 Å². The number of fused-ring (bicyclic) bond motifs is 1. The van der Waals surface area contributed by atoms with Gasteiger partial charge in [-0.25, -0.2) is 13.9 Å². The van der Waals surface area contributed by atoms with E-state index in [1.807, 2.05) is 13.8 Å². The number of hydrogen-bond acceptors (Lipinski definition) is 9. The molecule has 0 aliphatic carbocycles. The van der Waals surface area contributed by atoms with Crippen LogP contribution in [0.25, 0.3) is 11.2 Å². The summed E-state index contributed by atoms with van der Waals surface area (Å²) in [5, 5.41) is 0. The molecule has 1 saturated heterocycles. The number of benzene rings is 1. The number of alkyl halides is 1. The van der Waals surface area contributed by atoms with Crippen molar-refractivity contribution in [1.82, 2.24) is 19.5 Å². The van der Waals surface area contributed by atoms with Crippen molar-refractivity contribution in [2.24, 2.45) is 5.92 Å². The zero-order valence-corrected chi connectivity index (χ0v) is 18.0. The molecular formula is C19H23FN5O5P. The van der Waals surface area contributed by atoms with Gasteiger partial charge >= 0.3 is 8.25 Å². The Hall–Kier alpha value is -2.75. The Bertz CT molecular complexity index is 1080. The molecule has 3 heterocycles. The summed E-state index contributed by atoms with van der Waals surface area (Å²) < 4.78 is 50.5. The largest absolute Gasteiger partial charge is 0.476 e. The molecule has 4 atom stereocenters. The predicted molar refractivity (Wildman–Crippen MR) is 111 cm³/mol. The Labute approximate surface area is 178 Å². The number of nitrogen functional groups attached to an aromatic ring is 1. The van der Waals surface area contributed by atoms with Crippen molar-refractivity contribution in [3.05, 3.63) is 36.7 Å². The number of anilines is 1. The molecule has 1 aromatic carbocycles. The molecule has 0 saturated carbocycles. The predicted octanol–water partition coefficient (Wildman–Crippen LogP) is 3.51. The first-order chi connectivity index (χ1) is 14.9. The molecule has 2 N–H and O–H groups in total. The van der Waals surface area contributed by atoms with E-state index in [0.717, 1.165) is 0 Å². The fourth-order valence-electron chi connectivity index (χ4n) is 3.50. The first-order valence-electron chi connectivity index (χ1n) is 9.78. The minimum absolute atomic E-state index is 0.00912. The number of nitrogens with two attached hydrogens (primary N) is 1. The summed E-state index contributed by atoms with van der Waals surface area (Å²) in [6.45, 7) is 3.49. The lowest BCUT2D eigenvalue weighted by molar-refractivity contribution is -0.172. The number of ether oxygens (including phenoxy) is 2. The second-order valence-corrected chi connectivity index (χ2v) is 8.16. The van der Waals surface area contributed by atoms with Gasteiger partial charge in [-0.3, -0.25) is 9.09 Å². The molecule has 0 amide bonds. The first kappa shape index (κ1) is 21.5. The van der Waals surface area contributed by atoms with E-state index in [4.69, 9.17) is 24.3 Å². The third-order valence-corrected chi connectivity index (χ3v) is 5.54. The van der Waals surface area contributed by atoms with Gasteiger partial charge in [-0.1, -0.05) is 25.1 Å². The van der Waals surface area contributed by atoms with Gasteiger partial charge in [0.2, 0.25) is 17.7 Å². The molecule has 10 nitrogen and oxygen atoms in total. The van der Waals surface area contributed by atoms with E-state index in [-0.39, 0.29) is 24.2 Å². The normalized spacial score (nSPS) is 24.4.